The Hall–Kier alpha value is -1.99. The second kappa shape index (κ2) is 10.1. The maximum atomic E-state index is 13.0. The van der Waals surface area contributed by atoms with Gasteiger partial charge in [-0.2, -0.15) is 0 Å². The number of hydrogen-bond acceptors (Lipinski definition) is 5. The second-order valence-electron chi connectivity index (χ2n) is 8.95. The van der Waals surface area contributed by atoms with Crippen LogP contribution in [-0.4, -0.2) is 46.3 Å². The summed E-state index contributed by atoms with van der Waals surface area (Å²) in [5.74, 6) is 0.300. The number of nitrogens with one attached hydrogen (secondary N) is 1. The van der Waals surface area contributed by atoms with E-state index in [2.05, 4.69) is 10.2 Å². The molecule has 2 aromatic carbocycles. The molecule has 8 heteroatoms. The van der Waals surface area contributed by atoms with Crippen molar-refractivity contribution in [1.29, 1.82) is 0 Å². The smallest absolute Gasteiger partial charge is 0.238 e. The fourth-order valence-electron chi connectivity index (χ4n) is 5.31. The first-order valence-corrected chi connectivity index (χ1v) is 12.2. The van der Waals surface area contributed by atoms with Crippen LogP contribution in [0.15, 0.2) is 36.4 Å². The Balaban J connectivity index is 1.61. The Labute approximate surface area is 204 Å². The Bertz CT molecular complexity index is 1020. The predicted octanol–water partition coefficient (Wildman–Crippen LogP) is 5.40. The molecule has 2 aromatic rings. The number of carbonyl (C=O) groups is 1. The van der Waals surface area contributed by atoms with Gasteiger partial charge in [0.1, 0.15) is 0 Å². The fraction of sp³-hybridized carbons (Fsp3) is 0.480. The molecular weight excluding hydrogens is 463 g/mol. The topological polar surface area (TPSA) is 82.0 Å². The third-order valence-electron chi connectivity index (χ3n) is 6.85. The van der Waals surface area contributed by atoms with Crippen molar-refractivity contribution in [3.63, 3.8) is 0 Å². The van der Waals surface area contributed by atoms with Gasteiger partial charge in [0.2, 0.25) is 5.91 Å². The van der Waals surface area contributed by atoms with Crippen molar-refractivity contribution >= 4 is 34.8 Å². The van der Waals surface area contributed by atoms with Gasteiger partial charge >= 0.3 is 0 Å². The molecule has 1 heterocycles. The number of anilines is 1. The number of amides is 1. The number of nitrogens with zero attached hydrogens (tertiary/aromatic N) is 1. The number of hydrogen-bond donors (Lipinski definition) is 3. The van der Waals surface area contributed by atoms with E-state index < -0.39 is 5.60 Å². The zero-order valence-corrected chi connectivity index (χ0v) is 20.2. The van der Waals surface area contributed by atoms with E-state index in [9.17, 15) is 15.0 Å². The highest BCUT2D eigenvalue weighted by Crippen LogP contribution is 2.50. The molecule has 6 nitrogen and oxygen atoms in total. The van der Waals surface area contributed by atoms with Crippen LogP contribution in [0.2, 0.25) is 10.0 Å². The minimum absolute atomic E-state index is 0.00839. The number of halogens is 2. The number of aliphatic hydroxyl groups is 1. The Morgan fingerprint density at radius 3 is 2.79 bits per heavy atom. The number of phenolic OH excluding ortho intramolecular Hbond substituents is 1. The van der Waals surface area contributed by atoms with Crippen LogP contribution in [0.1, 0.15) is 50.6 Å². The number of rotatable bonds is 6. The minimum atomic E-state index is -0.751. The lowest BCUT2D eigenvalue weighted by atomic mass is 9.66. The van der Waals surface area contributed by atoms with Crippen LogP contribution in [0.4, 0.5) is 5.69 Å². The summed E-state index contributed by atoms with van der Waals surface area (Å²) in [4.78, 5) is 15.1. The molecule has 0 bridgehead atoms. The first-order valence-electron chi connectivity index (χ1n) is 11.5. The molecule has 2 aliphatic rings. The molecule has 0 spiro atoms. The van der Waals surface area contributed by atoms with Crippen LogP contribution < -0.4 is 10.1 Å². The zero-order valence-electron chi connectivity index (χ0n) is 18.7. The molecule has 4 rings (SSSR count). The lowest BCUT2D eigenvalue weighted by molar-refractivity contribution is -0.135. The highest BCUT2D eigenvalue weighted by Gasteiger charge is 2.49. The first-order chi connectivity index (χ1) is 15.8. The van der Waals surface area contributed by atoms with Crippen molar-refractivity contribution in [3.8, 4) is 11.5 Å². The Kier molecular flexibility index (Phi) is 7.39. The van der Waals surface area contributed by atoms with E-state index in [1.165, 1.54) is 0 Å². The van der Waals surface area contributed by atoms with E-state index in [-0.39, 0.29) is 30.2 Å². The number of fused-ring (bicyclic) bond motifs is 1. The average Bonchev–Trinajstić information content (AvgIpc) is 2.77. The minimum Gasteiger partial charge on any atom is -0.504 e. The summed E-state index contributed by atoms with van der Waals surface area (Å²) < 4.78 is 5.61. The van der Waals surface area contributed by atoms with Crippen molar-refractivity contribution in [1.82, 2.24) is 4.90 Å². The number of benzene rings is 2. The molecule has 1 saturated carbocycles. The molecular formula is C25H30Cl2N2O4. The highest BCUT2D eigenvalue weighted by atomic mass is 35.5. The summed E-state index contributed by atoms with van der Waals surface area (Å²) in [7, 11) is 0. The molecule has 3 N–H and O–H groups in total. The van der Waals surface area contributed by atoms with Gasteiger partial charge in [-0.05, 0) is 62.1 Å². The van der Waals surface area contributed by atoms with Crippen LogP contribution >= 0.6 is 23.2 Å². The molecule has 33 heavy (non-hydrogen) atoms. The number of likely N-dealkylation sites (tertiary alicyclic amines) is 1. The maximum Gasteiger partial charge on any atom is 0.238 e. The van der Waals surface area contributed by atoms with Crippen molar-refractivity contribution in [2.24, 2.45) is 5.92 Å². The predicted molar refractivity (Wildman–Crippen MR) is 130 cm³/mol. The molecule has 0 aromatic heterocycles. The van der Waals surface area contributed by atoms with Crippen molar-refractivity contribution in [2.45, 2.75) is 50.7 Å². The van der Waals surface area contributed by atoms with Gasteiger partial charge in [0.25, 0.3) is 0 Å². The lowest BCUT2D eigenvalue weighted by Gasteiger charge is -2.52. The van der Waals surface area contributed by atoms with Gasteiger partial charge in [-0.15, -0.1) is 0 Å². The summed E-state index contributed by atoms with van der Waals surface area (Å²) in [6, 6.07) is 10.1. The van der Waals surface area contributed by atoms with Crippen LogP contribution in [0.5, 0.6) is 11.5 Å². The summed E-state index contributed by atoms with van der Waals surface area (Å²) in [5.41, 5.74) is 0.689. The van der Waals surface area contributed by atoms with Crippen LogP contribution in [0.3, 0.4) is 0 Å². The molecule has 178 valence electrons. The third-order valence-corrected chi connectivity index (χ3v) is 7.40. The number of carbonyl (C=O) groups excluding carboxylic acids is 1. The zero-order chi connectivity index (χ0) is 23.6. The monoisotopic (exact) mass is 492 g/mol. The molecule has 2 fully saturated rings. The van der Waals surface area contributed by atoms with Crippen LogP contribution in [-0.2, 0) is 4.79 Å². The van der Waals surface area contributed by atoms with E-state index in [4.69, 9.17) is 27.9 Å². The molecule has 1 aliphatic heterocycles. The highest BCUT2D eigenvalue weighted by molar-refractivity contribution is 6.36. The molecule has 1 aliphatic carbocycles. The van der Waals surface area contributed by atoms with Gasteiger partial charge in [-0.1, -0.05) is 42.1 Å². The largest absolute Gasteiger partial charge is 0.504 e. The molecule has 0 radical (unpaired) electrons. The van der Waals surface area contributed by atoms with Crippen molar-refractivity contribution < 1.29 is 19.7 Å². The normalized spacial score (nSPS) is 25.3. The van der Waals surface area contributed by atoms with Crippen molar-refractivity contribution in [3.05, 3.63) is 52.0 Å². The number of phenols is 1. The first kappa shape index (κ1) is 24.1. The number of ether oxygens (including phenoxy) is 1. The van der Waals surface area contributed by atoms with E-state index >= 15 is 0 Å². The maximum absolute atomic E-state index is 13.0. The van der Waals surface area contributed by atoms with Crippen LogP contribution in [0.25, 0.3) is 0 Å². The number of aromatic hydroxyl groups is 1. The molecule has 1 amide bonds. The standard InChI is InChI=1S/C25H30Cl2N2O4/c1-2-33-22-13-16(6-9-21(22)30)24-18-5-3-4-10-25(18,32)11-12-29(24)15-23(31)28-20-8-7-17(26)14-19(20)27/h6-9,13-14,18,24,30,32H,2-5,10-12,15H2,1H3,(H,28,31)/t18-,24-,25-/m0/s1. The van der Waals surface area contributed by atoms with E-state index in [0.29, 0.717) is 41.1 Å². The van der Waals surface area contributed by atoms with Crippen molar-refractivity contribution in [2.75, 3.05) is 25.0 Å². The molecule has 0 unspecified atom stereocenters. The van der Waals surface area contributed by atoms with E-state index in [1.807, 2.05) is 19.1 Å². The van der Waals surface area contributed by atoms with Gasteiger partial charge in [0.15, 0.2) is 11.5 Å². The number of piperidine rings is 1. The third kappa shape index (κ3) is 5.24. The van der Waals surface area contributed by atoms with Gasteiger partial charge in [-0.3, -0.25) is 9.69 Å². The lowest BCUT2D eigenvalue weighted by Crippen LogP contribution is -2.56. The molecule has 1 saturated heterocycles. The van der Waals surface area contributed by atoms with Gasteiger partial charge in [0, 0.05) is 23.5 Å². The fourth-order valence-corrected chi connectivity index (χ4v) is 5.77. The SMILES string of the molecule is CCOc1cc([C@H]2[C@@H]3CCCC[C@]3(O)CCN2CC(=O)Nc2ccc(Cl)cc2Cl)ccc1O. The Morgan fingerprint density at radius 2 is 2.03 bits per heavy atom. The van der Waals surface area contributed by atoms with Crippen LogP contribution in [0, 0.1) is 5.92 Å². The van der Waals surface area contributed by atoms with E-state index in [0.717, 1.165) is 31.2 Å². The Morgan fingerprint density at radius 1 is 1.21 bits per heavy atom. The van der Waals surface area contributed by atoms with E-state index in [1.54, 1.807) is 24.3 Å². The summed E-state index contributed by atoms with van der Waals surface area (Å²) in [6.07, 6.45) is 4.33. The van der Waals surface area contributed by atoms with Gasteiger partial charge in [-0.25, -0.2) is 0 Å². The van der Waals surface area contributed by atoms with Gasteiger partial charge in [0.05, 0.1) is 29.5 Å². The summed E-state index contributed by atoms with van der Waals surface area (Å²) >= 11 is 12.2. The average molecular weight is 493 g/mol. The molecule has 3 atom stereocenters. The second-order valence-corrected chi connectivity index (χ2v) is 9.80. The quantitative estimate of drug-likeness (QED) is 0.502. The summed E-state index contributed by atoms with van der Waals surface area (Å²) in [6.45, 7) is 3.04. The van der Waals surface area contributed by atoms with Gasteiger partial charge < -0.3 is 20.3 Å². The summed E-state index contributed by atoms with van der Waals surface area (Å²) in [5, 5.41) is 25.4.